The lowest BCUT2D eigenvalue weighted by Gasteiger charge is -2.12. The van der Waals surface area contributed by atoms with Crippen molar-refractivity contribution in [1.29, 1.82) is 0 Å². The van der Waals surface area contributed by atoms with Gasteiger partial charge in [-0.25, -0.2) is 0 Å². The number of aryl methyl sites for hydroxylation is 1. The van der Waals surface area contributed by atoms with Crippen molar-refractivity contribution in [3.63, 3.8) is 0 Å². The molecule has 1 atom stereocenters. The molecule has 1 N–H and O–H groups in total. The first-order valence-electron chi connectivity index (χ1n) is 5.58. The summed E-state index contributed by atoms with van der Waals surface area (Å²) in [5.74, 6) is 0. The minimum atomic E-state index is -0.822. The Kier molecular flexibility index (Phi) is 4.56. The summed E-state index contributed by atoms with van der Waals surface area (Å²) >= 11 is 13.2. The highest BCUT2D eigenvalue weighted by molar-refractivity contribution is 7.05. The number of aromatic nitrogens is 2. The second-order valence-corrected chi connectivity index (χ2v) is 5.45. The number of hydrogen-bond donors (Lipinski definition) is 1. The average Bonchev–Trinajstić information content (AvgIpc) is 2.80. The monoisotopic (exact) mass is 302 g/mol. The molecule has 2 aromatic rings. The van der Waals surface area contributed by atoms with Crippen molar-refractivity contribution in [3.05, 3.63) is 44.4 Å². The molecule has 0 amide bonds. The molecule has 1 unspecified atom stereocenters. The molecule has 0 bridgehead atoms. The van der Waals surface area contributed by atoms with Crippen LogP contribution in [-0.4, -0.2) is 14.7 Å². The maximum Gasteiger partial charge on any atom is 0.118 e. The number of benzene rings is 1. The van der Waals surface area contributed by atoms with Gasteiger partial charge in [-0.1, -0.05) is 53.2 Å². The first-order valence-corrected chi connectivity index (χ1v) is 7.11. The predicted octanol–water partition coefficient (Wildman–Crippen LogP) is 3.88. The minimum absolute atomic E-state index is 0.377. The predicted molar refractivity (Wildman–Crippen MR) is 74.4 cm³/mol. The van der Waals surface area contributed by atoms with Crippen molar-refractivity contribution in [2.75, 3.05) is 0 Å². The third-order valence-corrected chi connectivity index (χ3v) is 4.25. The van der Waals surface area contributed by atoms with Gasteiger partial charge in [-0.3, -0.25) is 0 Å². The van der Waals surface area contributed by atoms with Crippen LogP contribution in [0, 0.1) is 0 Å². The van der Waals surface area contributed by atoms with Crippen LogP contribution in [0.3, 0.4) is 0 Å². The van der Waals surface area contributed by atoms with Gasteiger partial charge in [0.05, 0.1) is 20.6 Å². The van der Waals surface area contributed by atoms with E-state index in [2.05, 4.69) is 16.5 Å². The SMILES string of the molecule is CCCc1nnsc1C(O)c1cccc(Cl)c1Cl. The Morgan fingerprint density at radius 3 is 2.89 bits per heavy atom. The van der Waals surface area contributed by atoms with Gasteiger partial charge in [0.1, 0.15) is 6.10 Å². The molecule has 2 rings (SSSR count). The van der Waals surface area contributed by atoms with E-state index >= 15 is 0 Å². The molecule has 0 aliphatic heterocycles. The fourth-order valence-electron chi connectivity index (χ4n) is 1.71. The topological polar surface area (TPSA) is 46.0 Å². The molecule has 0 fully saturated rings. The summed E-state index contributed by atoms with van der Waals surface area (Å²) in [6.45, 7) is 2.06. The normalized spacial score (nSPS) is 12.7. The molecule has 1 aromatic carbocycles. The van der Waals surface area contributed by atoms with Crippen molar-refractivity contribution in [2.24, 2.45) is 0 Å². The Bertz CT molecular complexity index is 545. The van der Waals surface area contributed by atoms with E-state index in [0.29, 0.717) is 15.6 Å². The summed E-state index contributed by atoms with van der Waals surface area (Å²) < 4.78 is 3.90. The quantitative estimate of drug-likeness (QED) is 0.932. The van der Waals surface area contributed by atoms with Crippen LogP contribution in [-0.2, 0) is 6.42 Å². The minimum Gasteiger partial charge on any atom is -0.383 e. The number of nitrogens with zero attached hydrogens (tertiary/aromatic N) is 2. The summed E-state index contributed by atoms with van der Waals surface area (Å²) in [6, 6.07) is 5.22. The van der Waals surface area contributed by atoms with Crippen LogP contribution >= 0.6 is 34.7 Å². The summed E-state index contributed by atoms with van der Waals surface area (Å²) in [6.07, 6.45) is 0.924. The van der Waals surface area contributed by atoms with Crippen LogP contribution < -0.4 is 0 Å². The van der Waals surface area contributed by atoms with Crippen LogP contribution in [0.1, 0.15) is 35.6 Å². The maximum atomic E-state index is 10.4. The van der Waals surface area contributed by atoms with Crippen molar-refractivity contribution >= 4 is 34.7 Å². The molecule has 18 heavy (non-hydrogen) atoms. The van der Waals surface area contributed by atoms with E-state index in [1.807, 2.05) is 0 Å². The molecule has 0 spiro atoms. The molecule has 1 aromatic heterocycles. The zero-order valence-electron chi connectivity index (χ0n) is 9.73. The summed E-state index contributed by atoms with van der Waals surface area (Å²) in [5, 5.41) is 15.2. The first-order chi connectivity index (χ1) is 8.65. The van der Waals surface area contributed by atoms with Gasteiger partial charge in [0.15, 0.2) is 0 Å². The van der Waals surface area contributed by atoms with Crippen LogP contribution in [0.5, 0.6) is 0 Å². The van der Waals surface area contributed by atoms with Gasteiger partial charge in [0, 0.05) is 5.56 Å². The van der Waals surface area contributed by atoms with Crippen molar-refractivity contribution < 1.29 is 5.11 Å². The van der Waals surface area contributed by atoms with Crippen LogP contribution in [0.2, 0.25) is 10.0 Å². The molecule has 1 heterocycles. The molecule has 0 saturated heterocycles. The molecular formula is C12H12Cl2N2OS. The Morgan fingerprint density at radius 1 is 1.39 bits per heavy atom. The Balaban J connectivity index is 2.38. The van der Waals surface area contributed by atoms with E-state index < -0.39 is 6.10 Å². The Labute approximate surface area is 120 Å². The van der Waals surface area contributed by atoms with Gasteiger partial charge in [0.2, 0.25) is 0 Å². The van der Waals surface area contributed by atoms with Gasteiger partial charge in [-0.05, 0) is 24.0 Å². The highest BCUT2D eigenvalue weighted by Crippen LogP contribution is 2.35. The largest absolute Gasteiger partial charge is 0.383 e. The summed E-state index contributed by atoms with van der Waals surface area (Å²) in [7, 11) is 0. The van der Waals surface area contributed by atoms with Crippen molar-refractivity contribution in [3.8, 4) is 0 Å². The molecule has 96 valence electrons. The molecule has 0 aliphatic carbocycles. The summed E-state index contributed by atoms with van der Waals surface area (Å²) in [5.41, 5.74) is 1.42. The Hall–Kier alpha value is -0.680. The van der Waals surface area contributed by atoms with E-state index in [-0.39, 0.29) is 0 Å². The van der Waals surface area contributed by atoms with E-state index in [1.165, 1.54) is 11.5 Å². The molecule has 0 aliphatic rings. The molecular weight excluding hydrogens is 291 g/mol. The molecule has 3 nitrogen and oxygen atoms in total. The second-order valence-electron chi connectivity index (χ2n) is 3.88. The third kappa shape index (κ3) is 2.67. The van der Waals surface area contributed by atoms with Gasteiger partial charge in [-0.15, -0.1) is 5.10 Å². The van der Waals surface area contributed by atoms with Gasteiger partial charge in [0.25, 0.3) is 0 Å². The van der Waals surface area contributed by atoms with E-state index in [0.717, 1.165) is 23.4 Å². The molecule has 0 saturated carbocycles. The fraction of sp³-hybridized carbons (Fsp3) is 0.333. The molecule has 6 heteroatoms. The number of aliphatic hydroxyl groups is 1. The van der Waals surface area contributed by atoms with Crippen LogP contribution in [0.25, 0.3) is 0 Å². The fourth-order valence-corrected chi connectivity index (χ4v) is 2.82. The van der Waals surface area contributed by atoms with Gasteiger partial charge >= 0.3 is 0 Å². The second kappa shape index (κ2) is 5.97. The van der Waals surface area contributed by atoms with Gasteiger partial charge < -0.3 is 5.11 Å². The smallest absolute Gasteiger partial charge is 0.118 e. The number of rotatable bonds is 4. The maximum absolute atomic E-state index is 10.4. The summed E-state index contributed by atoms with van der Waals surface area (Å²) in [4.78, 5) is 0.737. The zero-order chi connectivity index (χ0) is 13.1. The molecule has 0 radical (unpaired) electrons. The number of aliphatic hydroxyl groups excluding tert-OH is 1. The average molecular weight is 303 g/mol. The van der Waals surface area contributed by atoms with Crippen LogP contribution in [0.4, 0.5) is 0 Å². The highest BCUT2D eigenvalue weighted by atomic mass is 35.5. The third-order valence-electron chi connectivity index (χ3n) is 2.60. The standard InChI is InChI=1S/C12H12Cl2N2OS/c1-2-4-9-12(18-16-15-9)11(17)7-5-3-6-8(13)10(7)14/h3,5-6,11,17H,2,4H2,1H3. The number of hydrogen-bond acceptors (Lipinski definition) is 4. The van der Waals surface area contributed by atoms with Crippen molar-refractivity contribution in [2.45, 2.75) is 25.9 Å². The van der Waals surface area contributed by atoms with Crippen LogP contribution in [0.15, 0.2) is 18.2 Å². The lowest BCUT2D eigenvalue weighted by atomic mass is 10.1. The van der Waals surface area contributed by atoms with Gasteiger partial charge in [-0.2, -0.15) is 0 Å². The highest BCUT2D eigenvalue weighted by Gasteiger charge is 2.21. The lowest BCUT2D eigenvalue weighted by Crippen LogP contribution is -2.02. The zero-order valence-corrected chi connectivity index (χ0v) is 12.1. The number of halogens is 2. The van der Waals surface area contributed by atoms with E-state index in [4.69, 9.17) is 23.2 Å². The van der Waals surface area contributed by atoms with Crippen molar-refractivity contribution in [1.82, 2.24) is 9.59 Å². The van der Waals surface area contributed by atoms with E-state index in [9.17, 15) is 5.11 Å². The van der Waals surface area contributed by atoms with E-state index in [1.54, 1.807) is 18.2 Å². The Morgan fingerprint density at radius 2 is 2.17 bits per heavy atom. The lowest BCUT2D eigenvalue weighted by molar-refractivity contribution is 0.223. The first kappa shape index (κ1) is 13.7.